The predicted octanol–water partition coefficient (Wildman–Crippen LogP) is 2.08. The Kier molecular flexibility index (Phi) is 4.33. The molecule has 0 aliphatic heterocycles. The van der Waals surface area contributed by atoms with Crippen LogP contribution in [0.2, 0.25) is 0 Å². The number of hydrogen-bond acceptors (Lipinski definition) is 2. The van der Waals surface area contributed by atoms with E-state index in [-0.39, 0.29) is 6.04 Å². The number of halogens is 3. The lowest BCUT2D eigenvalue weighted by Gasteiger charge is -2.23. The molecule has 1 aliphatic carbocycles. The number of thiocarbonyl (C=S) groups is 1. The van der Waals surface area contributed by atoms with E-state index >= 15 is 0 Å². The first kappa shape index (κ1) is 12.7. The lowest BCUT2D eigenvalue weighted by molar-refractivity contribution is -0.147. The average molecular weight is 240 g/mol. The van der Waals surface area contributed by atoms with Crippen LogP contribution in [0.4, 0.5) is 13.2 Å². The first-order chi connectivity index (χ1) is 6.88. The second kappa shape index (κ2) is 5.12. The van der Waals surface area contributed by atoms with Crippen molar-refractivity contribution in [2.75, 3.05) is 13.1 Å². The van der Waals surface area contributed by atoms with E-state index in [1.165, 1.54) is 4.90 Å². The van der Waals surface area contributed by atoms with Gasteiger partial charge >= 0.3 is 6.18 Å². The molecule has 0 amide bonds. The first-order valence-corrected chi connectivity index (χ1v) is 5.38. The minimum Gasteiger partial charge on any atom is -0.393 e. The summed E-state index contributed by atoms with van der Waals surface area (Å²) >= 11 is 4.68. The van der Waals surface area contributed by atoms with E-state index in [1.54, 1.807) is 0 Å². The standard InChI is InChI=1S/C9H15F3N2S/c10-9(11,12)6-14(7-3-4-7)5-1-2-8(13)15/h7H,1-6H2,(H2,13,15). The Labute approximate surface area is 92.6 Å². The lowest BCUT2D eigenvalue weighted by atomic mass is 10.3. The molecule has 2 N–H and O–H groups in total. The van der Waals surface area contributed by atoms with E-state index in [0.717, 1.165) is 12.8 Å². The molecule has 1 fully saturated rings. The van der Waals surface area contributed by atoms with Crippen LogP contribution in [-0.2, 0) is 0 Å². The molecule has 2 nitrogen and oxygen atoms in total. The van der Waals surface area contributed by atoms with Crippen molar-refractivity contribution in [1.29, 1.82) is 0 Å². The molecule has 1 saturated carbocycles. The molecule has 1 aliphatic rings. The second-order valence-corrected chi connectivity index (χ2v) is 4.41. The van der Waals surface area contributed by atoms with E-state index in [0.29, 0.717) is 24.4 Å². The second-order valence-electron chi connectivity index (χ2n) is 3.89. The highest BCUT2D eigenvalue weighted by molar-refractivity contribution is 7.80. The number of nitrogens with two attached hydrogens (primary N) is 1. The largest absolute Gasteiger partial charge is 0.401 e. The third kappa shape index (κ3) is 5.94. The Morgan fingerprint density at radius 1 is 1.40 bits per heavy atom. The van der Waals surface area contributed by atoms with Gasteiger partial charge in [0, 0.05) is 6.04 Å². The molecule has 0 bridgehead atoms. The normalized spacial score (nSPS) is 17.1. The Balaban J connectivity index is 2.28. The van der Waals surface area contributed by atoms with Crippen LogP contribution in [-0.4, -0.2) is 35.2 Å². The molecule has 0 aromatic heterocycles. The van der Waals surface area contributed by atoms with Gasteiger partial charge in [0.1, 0.15) is 0 Å². The molecule has 6 heteroatoms. The summed E-state index contributed by atoms with van der Waals surface area (Å²) in [5.41, 5.74) is 5.29. The summed E-state index contributed by atoms with van der Waals surface area (Å²) in [6.45, 7) is -0.378. The zero-order valence-electron chi connectivity index (χ0n) is 8.39. The highest BCUT2D eigenvalue weighted by atomic mass is 32.1. The van der Waals surface area contributed by atoms with Gasteiger partial charge in [0.05, 0.1) is 11.5 Å². The summed E-state index contributed by atoms with van der Waals surface area (Å²) in [6.07, 6.45) is -1.21. The van der Waals surface area contributed by atoms with Crippen molar-refractivity contribution in [1.82, 2.24) is 4.90 Å². The minimum absolute atomic E-state index is 0.123. The molecule has 0 unspecified atom stereocenters. The summed E-state index contributed by atoms with van der Waals surface area (Å²) in [4.78, 5) is 1.86. The maximum atomic E-state index is 12.2. The average Bonchev–Trinajstić information content (AvgIpc) is 2.81. The molecule has 0 aromatic rings. The quantitative estimate of drug-likeness (QED) is 0.721. The molecule has 0 radical (unpaired) electrons. The van der Waals surface area contributed by atoms with Crippen molar-refractivity contribution in [2.24, 2.45) is 5.73 Å². The van der Waals surface area contributed by atoms with E-state index in [2.05, 4.69) is 12.2 Å². The van der Waals surface area contributed by atoms with Crippen molar-refractivity contribution >= 4 is 17.2 Å². The minimum atomic E-state index is -4.11. The third-order valence-electron chi connectivity index (χ3n) is 2.31. The van der Waals surface area contributed by atoms with Gasteiger partial charge in [-0.1, -0.05) is 12.2 Å². The monoisotopic (exact) mass is 240 g/mol. The molecule has 0 saturated heterocycles. The van der Waals surface area contributed by atoms with Gasteiger partial charge in [-0.25, -0.2) is 0 Å². The summed E-state index contributed by atoms with van der Waals surface area (Å²) < 4.78 is 36.6. The highest BCUT2D eigenvalue weighted by Gasteiger charge is 2.37. The van der Waals surface area contributed by atoms with Crippen LogP contribution in [0.25, 0.3) is 0 Å². The van der Waals surface area contributed by atoms with Gasteiger partial charge < -0.3 is 5.73 Å². The predicted molar refractivity (Wildman–Crippen MR) is 56.7 cm³/mol. The van der Waals surface area contributed by atoms with Crippen molar-refractivity contribution in [3.8, 4) is 0 Å². The van der Waals surface area contributed by atoms with Crippen LogP contribution in [0.5, 0.6) is 0 Å². The fraction of sp³-hybridized carbons (Fsp3) is 0.889. The molecular formula is C9H15F3N2S. The van der Waals surface area contributed by atoms with E-state index < -0.39 is 12.7 Å². The highest BCUT2D eigenvalue weighted by Crippen LogP contribution is 2.30. The van der Waals surface area contributed by atoms with Crippen molar-refractivity contribution in [2.45, 2.75) is 37.9 Å². The molecule has 0 spiro atoms. The van der Waals surface area contributed by atoms with E-state index in [4.69, 9.17) is 5.73 Å². The van der Waals surface area contributed by atoms with Crippen LogP contribution in [0.3, 0.4) is 0 Å². The number of alkyl halides is 3. The van der Waals surface area contributed by atoms with E-state index in [1.807, 2.05) is 0 Å². The third-order valence-corrected chi connectivity index (χ3v) is 2.52. The van der Waals surface area contributed by atoms with Crippen molar-refractivity contribution in [3.63, 3.8) is 0 Å². The Bertz CT molecular complexity index is 226. The van der Waals surface area contributed by atoms with Crippen LogP contribution >= 0.6 is 12.2 Å². The van der Waals surface area contributed by atoms with Gasteiger partial charge in [0.25, 0.3) is 0 Å². The van der Waals surface area contributed by atoms with Gasteiger partial charge in [-0.05, 0) is 32.2 Å². The Hall–Kier alpha value is -0.360. The van der Waals surface area contributed by atoms with Gasteiger partial charge in [-0.2, -0.15) is 13.2 Å². The summed E-state index contributed by atoms with van der Waals surface area (Å²) in [5.74, 6) is 0. The Morgan fingerprint density at radius 3 is 2.40 bits per heavy atom. The lowest BCUT2D eigenvalue weighted by Crippen LogP contribution is -2.36. The SMILES string of the molecule is NC(=S)CCCN(CC(F)(F)F)C1CC1. The fourth-order valence-electron chi connectivity index (χ4n) is 1.52. The van der Waals surface area contributed by atoms with Gasteiger partial charge in [0.2, 0.25) is 0 Å². The number of nitrogens with zero attached hydrogens (tertiary/aromatic N) is 1. The van der Waals surface area contributed by atoms with Gasteiger partial charge in [-0.15, -0.1) is 0 Å². The van der Waals surface area contributed by atoms with E-state index in [9.17, 15) is 13.2 Å². The van der Waals surface area contributed by atoms with Crippen LogP contribution in [0.15, 0.2) is 0 Å². The molecule has 88 valence electrons. The van der Waals surface area contributed by atoms with Gasteiger partial charge in [-0.3, -0.25) is 4.90 Å². The van der Waals surface area contributed by atoms with Gasteiger partial charge in [0.15, 0.2) is 0 Å². The van der Waals surface area contributed by atoms with Crippen LogP contribution < -0.4 is 5.73 Å². The molecule has 0 atom stereocenters. The fourth-order valence-corrected chi connectivity index (χ4v) is 1.66. The number of hydrogen-bond donors (Lipinski definition) is 1. The smallest absolute Gasteiger partial charge is 0.393 e. The molecule has 0 heterocycles. The zero-order valence-corrected chi connectivity index (χ0v) is 9.20. The maximum absolute atomic E-state index is 12.2. The molecule has 1 rings (SSSR count). The maximum Gasteiger partial charge on any atom is 0.401 e. The zero-order chi connectivity index (χ0) is 11.5. The summed E-state index contributed by atoms with van der Waals surface area (Å²) in [7, 11) is 0. The van der Waals surface area contributed by atoms with Crippen LogP contribution in [0, 0.1) is 0 Å². The number of rotatable bonds is 6. The molecule has 15 heavy (non-hydrogen) atoms. The molecular weight excluding hydrogens is 225 g/mol. The van der Waals surface area contributed by atoms with Crippen molar-refractivity contribution < 1.29 is 13.2 Å². The first-order valence-electron chi connectivity index (χ1n) is 4.97. The topological polar surface area (TPSA) is 29.3 Å². The Morgan fingerprint density at radius 2 is 2.00 bits per heavy atom. The van der Waals surface area contributed by atoms with Crippen LogP contribution in [0.1, 0.15) is 25.7 Å². The molecule has 0 aromatic carbocycles. The van der Waals surface area contributed by atoms with Crippen molar-refractivity contribution in [3.05, 3.63) is 0 Å². The summed E-state index contributed by atoms with van der Waals surface area (Å²) in [5, 5.41) is 0. The summed E-state index contributed by atoms with van der Waals surface area (Å²) in [6, 6.07) is 0.123.